The number of halogens is 4. The summed E-state index contributed by atoms with van der Waals surface area (Å²) in [6, 6.07) is 2.12. The smallest absolute Gasteiger partial charge is 0.138 e. The van der Waals surface area contributed by atoms with Gasteiger partial charge in [0.2, 0.25) is 0 Å². The van der Waals surface area contributed by atoms with E-state index in [0.29, 0.717) is 11.5 Å². The molecule has 0 aliphatic carbocycles. The molecule has 8 heteroatoms. The zero-order chi connectivity index (χ0) is 17.7. The Balaban J connectivity index is 2.44. The van der Waals surface area contributed by atoms with Crippen molar-refractivity contribution in [2.75, 3.05) is 19.2 Å². The third kappa shape index (κ3) is 3.90. The van der Waals surface area contributed by atoms with Crippen LogP contribution >= 0.6 is 11.6 Å². The molecule has 0 bridgehead atoms. The zero-order valence-corrected chi connectivity index (χ0v) is 14.1. The van der Waals surface area contributed by atoms with Gasteiger partial charge in [-0.2, -0.15) is 5.10 Å². The molecule has 0 aliphatic rings. The monoisotopic (exact) mass is 359 g/mol. The first kappa shape index (κ1) is 18.3. The molecule has 4 nitrogen and oxygen atoms in total. The number of hydrogen-bond donors (Lipinski definition) is 0. The lowest BCUT2D eigenvalue weighted by Crippen LogP contribution is -2.07. The summed E-state index contributed by atoms with van der Waals surface area (Å²) in [5.41, 5.74) is 0.495. The summed E-state index contributed by atoms with van der Waals surface area (Å²) in [5.74, 6) is -1.15. The van der Waals surface area contributed by atoms with Crippen molar-refractivity contribution < 1.29 is 17.9 Å². The molecule has 0 saturated heterocycles. The molecule has 0 radical (unpaired) electrons. The minimum Gasteiger partial charge on any atom is -0.493 e. The van der Waals surface area contributed by atoms with Gasteiger partial charge in [-0.05, 0) is 13.8 Å². The third-order valence-electron chi connectivity index (χ3n) is 3.47. The Morgan fingerprint density at radius 1 is 1.29 bits per heavy atom. The van der Waals surface area contributed by atoms with E-state index in [9.17, 15) is 13.2 Å². The van der Waals surface area contributed by atoms with Crippen molar-refractivity contribution >= 4 is 22.9 Å². The molecular weight excluding hydrogens is 343 g/mol. The second kappa shape index (κ2) is 8.19. The molecule has 24 heavy (non-hydrogen) atoms. The molecule has 0 N–H and O–H groups in total. The van der Waals surface area contributed by atoms with Gasteiger partial charge >= 0.3 is 0 Å². The van der Waals surface area contributed by atoms with E-state index < -0.39 is 18.3 Å². The maximum atomic E-state index is 14.4. The Morgan fingerprint density at radius 3 is 2.46 bits per heavy atom. The summed E-state index contributed by atoms with van der Waals surface area (Å²) in [4.78, 5) is 3.99. The minimum absolute atomic E-state index is 0.00529. The lowest BCUT2D eigenvalue weighted by molar-refractivity contribution is 0.287. The topological polar surface area (TPSA) is 39.9 Å². The minimum atomic E-state index is -0.807. The van der Waals surface area contributed by atoms with E-state index in [2.05, 4.69) is 10.1 Å². The summed E-state index contributed by atoms with van der Waals surface area (Å²) in [6.07, 6.45) is 1.50. The Bertz CT molecular complexity index is 723. The lowest BCUT2D eigenvalue weighted by Gasteiger charge is -2.14. The number of aromatic nitrogens is 3. The van der Waals surface area contributed by atoms with Crippen molar-refractivity contribution in [2.45, 2.75) is 20.3 Å². The predicted molar refractivity (Wildman–Crippen MR) is 86.7 cm³/mol. The van der Waals surface area contributed by atoms with E-state index in [1.807, 2.05) is 0 Å². The number of alkyl halides is 2. The summed E-state index contributed by atoms with van der Waals surface area (Å²) in [7, 11) is 0. The summed E-state index contributed by atoms with van der Waals surface area (Å²) in [6.45, 7) is 2.86. The Morgan fingerprint density at radius 2 is 1.96 bits per heavy atom. The average molecular weight is 360 g/mol. The van der Waals surface area contributed by atoms with Crippen LogP contribution in [0.4, 0.5) is 13.2 Å². The first-order chi connectivity index (χ1) is 11.5. The molecule has 0 atom stereocenters. The highest BCUT2D eigenvalue weighted by molar-refractivity contribution is 6.24. The van der Waals surface area contributed by atoms with Gasteiger partial charge < -0.3 is 4.74 Å². The predicted octanol–water partition coefficient (Wildman–Crippen LogP) is 4.23. The Hall–Kier alpha value is -2.02. The standard InChI is InChI=1S/C16H17ClF3N3O/c1-10(23-11(2)21-9-22-23)13(8-17)16-14(19)6-12(7-15(16)20)24-5-3-4-18/h6-7,9H,3-5,8H2,1-2H3/b13-10+. The fraction of sp³-hybridized carbons (Fsp3) is 0.375. The summed E-state index contributed by atoms with van der Waals surface area (Å²) < 4.78 is 47.5. The molecule has 1 heterocycles. The summed E-state index contributed by atoms with van der Waals surface area (Å²) >= 11 is 5.93. The van der Waals surface area contributed by atoms with Gasteiger partial charge in [0.05, 0.1) is 18.8 Å². The fourth-order valence-electron chi connectivity index (χ4n) is 2.27. The Labute approximate surface area is 142 Å². The van der Waals surface area contributed by atoms with Gasteiger partial charge in [0.15, 0.2) is 0 Å². The van der Waals surface area contributed by atoms with Crippen molar-refractivity contribution in [1.29, 1.82) is 0 Å². The van der Waals surface area contributed by atoms with Crippen molar-refractivity contribution in [3.05, 3.63) is 41.5 Å². The first-order valence-corrected chi connectivity index (χ1v) is 7.84. The van der Waals surface area contributed by atoms with Gasteiger partial charge in [-0.3, -0.25) is 4.39 Å². The number of benzene rings is 1. The maximum Gasteiger partial charge on any atom is 0.138 e. The SMILES string of the molecule is C/C(=C(/CCl)c1c(F)cc(OCCCF)cc1F)n1ncnc1C. The normalized spacial score (nSPS) is 12.2. The zero-order valence-electron chi connectivity index (χ0n) is 13.3. The molecule has 0 aliphatic heterocycles. The summed E-state index contributed by atoms with van der Waals surface area (Å²) in [5, 5.41) is 4.02. The van der Waals surface area contributed by atoms with E-state index in [4.69, 9.17) is 16.3 Å². The third-order valence-corrected chi connectivity index (χ3v) is 3.74. The number of hydrogen-bond acceptors (Lipinski definition) is 3. The Kier molecular flexibility index (Phi) is 6.25. The molecule has 0 amide bonds. The van der Waals surface area contributed by atoms with Crippen molar-refractivity contribution in [2.24, 2.45) is 0 Å². The molecule has 0 spiro atoms. The number of rotatable bonds is 7. The van der Waals surface area contributed by atoms with Crippen LogP contribution in [0.2, 0.25) is 0 Å². The van der Waals surface area contributed by atoms with Crippen LogP contribution in [0.25, 0.3) is 11.3 Å². The second-order valence-electron chi connectivity index (χ2n) is 5.07. The molecule has 0 unspecified atom stereocenters. The number of ether oxygens (including phenoxy) is 1. The lowest BCUT2D eigenvalue weighted by atomic mass is 10.0. The highest BCUT2D eigenvalue weighted by atomic mass is 35.5. The van der Waals surface area contributed by atoms with Crippen molar-refractivity contribution in [1.82, 2.24) is 14.8 Å². The van der Waals surface area contributed by atoms with Gasteiger partial charge in [-0.15, -0.1) is 11.6 Å². The largest absolute Gasteiger partial charge is 0.493 e. The van der Waals surface area contributed by atoms with Crippen LogP contribution in [0.3, 0.4) is 0 Å². The fourth-order valence-corrected chi connectivity index (χ4v) is 2.59. The molecule has 130 valence electrons. The van der Waals surface area contributed by atoms with Crippen LogP contribution in [0.15, 0.2) is 18.5 Å². The van der Waals surface area contributed by atoms with Crippen LogP contribution in [0, 0.1) is 18.6 Å². The van der Waals surface area contributed by atoms with Crippen LogP contribution < -0.4 is 4.74 Å². The van der Waals surface area contributed by atoms with Gasteiger partial charge in [0.25, 0.3) is 0 Å². The quantitative estimate of drug-likeness (QED) is 0.548. The number of nitrogens with zero attached hydrogens (tertiary/aromatic N) is 3. The molecule has 1 aromatic carbocycles. The van der Waals surface area contributed by atoms with Gasteiger partial charge in [0.1, 0.15) is 29.5 Å². The molecule has 2 aromatic rings. The van der Waals surface area contributed by atoms with E-state index in [-0.39, 0.29) is 35.8 Å². The van der Waals surface area contributed by atoms with Gasteiger partial charge in [-0.1, -0.05) is 0 Å². The van der Waals surface area contributed by atoms with E-state index in [0.717, 1.165) is 12.1 Å². The van der Waals surface area contributed by atoms with Gasteiger partial charge in [0, 0.05) is 35.7 Å². The number of aryl methyl sites for hydroxylation is 1. The first-order valence-electron chi connectivity index (χ1n) is 7.30. The van der Waals surface area contributed by atoms with Crippen molar-refractivity contribution in [3.8, 4) is 5.75 Å². The second-order valence-corrected chi connectivity index (χ2v) is 5.34. The molecule has 0 saturated carbocycles. The van der Waals surface area contributed by atoms with Crippen LogP contribution in [-0.2, 0) is 0 Å². The highest BCUT2D eigenvalue weighted by Gasteiger charge is 2.19. The number of allylic oxidation sites excluding steroid dienone is 2. The van der Waals surface area contributed by atoms with E-state index in [1.165, 1.54) is 11.0 Å². The van der Waals surface area contributed by atoms with Crippen molar-refractivity contribution in [3.63, 3.8) is 0 Å². The van der Waals surface area contributed by atoms with Gasteiger partial charge in [-0.25, -0.2) is 18.4 Å². The van der Waals surface area contributed by atoms with E-state index in [1.54, 1.807) is 13.8 Å². The molecule has 0 fully saturated rings. The van der Waals surface area contributed by atoms with E-state index >= 15 is 0 Å². The average Bonchev–Trinajstić information content (AvgIpc) is 2.96. The van der Waals surface area contributed by atoms with Crippen LogP contribution in [0.5, 0.6) is 5.75 Å². The van der Waals surface area contributed by atoms with Crippen LogP contribution in [0.1, 0.15) is 24.7 Å². The molecule has 1 aromatic heterocycles. The molecule has 2 rings (SSSR count). The maximum absolute atomic E-state index is 14.4. The highest BCUT2D eigenvalue weighted by Crippen LogP contribution is 2.31. The van der Waals surface area contributed by atoms with Crippen LogP contribution in [-0.4, -0.2) is 33.9 Å². The molecular formula is C16H17ClF3N3O.